The Morgan fingerprint density at radius 1 is 1.12 bits per heavy atom. The van der Waals surface area contributed by atoms with Gasteiger partial charge in [-0.3, -0.25) is 4.57 Å². The number of benzene rings is 1. The predicted molar refractivity (Wildman–Crippen MR) is 153 cm³/mol. The first-order chi connectivity index (χ1) is 19.9. The van der Waals surface area contributed by atoms with Crippen molar-refractivity contribution in [2.45, 2.75) is 64.8 Å². The molecular formula is C29H39F2N7O3. The zero-order chi connectivity index (χ0) is 28.8. The molecule has 3 heterocycles. The second-order valence-corrected chi connectivity index (χ2v) is 10.8. The molecule has 2 N–H and O–H groups in total. The number of carbonyl (C=O) groups is 1. The van der Waals surface area contributed by atoms with Gasteiger partial charge in [0.15, 0.2) is 5.82 Å². The number of para-hydroxylation sites is 1. The van der Waals surface area contributed by atoms with Gasteiger partial charge in [0.2, 0.25) is 5.95 Å². The molecule has 1 saturated carbocycles. The molecule has 0 unspecified atom stereocenters. The summed E-state index contributed by atoms with van der Waals surface area (Å²) in [4.78, 5) is 27.9. The van der Waals surface area contributed by atoms with Gasteiger partial charge in [-0.1, -0.05) is 25.5 Å². The Morgan fingerprint density at radius 2 is 1.88 bits per heavy atom. The maximum Gasteiger partial charge on any atom is 0.407 e. The first kappa shape index (κ1) is 29.0. The van der Waals surface area contributed by atoms with E-state index in [1.807, 2.05) is 19.1 Å². The number of anilines is 2. The number of ether oxygens (including phenoxy) is 2. The lowest BCUT2D eigenvalue weighted by molar-refractivity contribution is 0.122. The topological polar surface area (TPSA) is 106 Å². The van der Waals surface area contributed by atoms with Gasteiger partial charge in [-0.2, -0.15) is 9.97 Å². The molecule has 0 bridgehead atoms. The predicted octanol–water partition coefficient (Wildman–Crippen LogP) is 5.40. The summed E-state index contributed by atoms with van der Waals surface area (Å²) in [7, 11) is 0. The summed E-state index contributed by atoms with van der Waals surface area (Å²) in [5.41, 5.74) is 1.93. The number of morpholine rings is 1. The molecule has 222 valence electrons. The van der Waals surface area contributed by atoms with Crippen molar-refractivity contribution in [1.29, 1.82) is 0 Å². The fourth-order valence-electron chi connectivity index (χ4n) is 5.48. The lowest BCUT2D eigenvalue weighted by Gasteiger charge is -2.30. The summed E-state index contributed by atoms with van der Waals surface area (Å²) >= 11 is 0. The van der Waals surface area contributed by atoms with Gasteiger partial charge in [0.05, 0.1) is 30.9 Å². The van der Waals surface area contributed by atoms with Crippen LogP contribution in [0.2, 0.25) is 0 Å². The summed E-state index contributed by atoms with van der Waals surface area (Å²) in [6, 6.07) is 7.35. The maximum atomic E-state index is 14.2. The highest BCUT2D eigenvalue weighted by Gasteiger charge is 2.26. The number of hydrogen-bond donors (Lipinski definition) is 2. The highest BCUT2D eigenvalue weighted by molar-refractivity contribution is 5.81. The number of fused-ring (bicyclic) bond motifs is 1. The average Bonchev–Trinajstić information content (AvgIpc) is 3.39. The first-order valence-corrected chi connectivity index (χ1v) is 14.6. The Morgan fingerprint density at radius 3 is 2.61 bits per heavy atom. The van der Waals surface area contributed by atoms with Crippen molar-refractivity contribution in [3.8, 4) is 5.82 Å². The van der Waals surface area contributed by atoms with Crippen LogP contribution in [0.15, 0.2) is 24.3 Å². The Bertz CT molecular complexity index is 1320. The van der Waals surface area contributed by atoms with Crippen molar-refractivity contribution >= 4 is 28.9 Å². The third-order valence-electron chi connectivity index (χ3n) is 7.82. The third kappa shape index (κ3) is 7.03. The van der Waals surface area contributed by atoms with Gasteiger partial charge >= 0.3 is 6.09 Å². The van der Waals surface area contributed by atoms with Crippen molar-refractivity contribution in [1.82, 2.24) is 24.8 Å². The quantitative estimate of drug-likeness (QED) is 0.312. The SMILES string of the molecule is CCCCOC(=O)NC1CCC(CNc2nc(N3CCOCC3)cc(-n3c(C(F)F)nc4c(C)cccc43)n2)CC1. The smallest absolute Gasteiger partial charge is 0.407 e. The van der Waals surface area contributed by atoms with E-state index in [1.165, 1.54) is 4.57 Å². The van der Waals surface area contributed by atoms with Crippen molar-refractivity contribution < 1.29 is 23.0 Å². The summed E-state index contributed by atoms with van der Waals surface area (Å²) < 4.78 is 40.6. The van der Waals surface area contributed by atoms with Gasteiger partial charge < -0.3 is 25.0 Å². The zero-order valence-electron chi connectivity index (χ0n) is 23.7. The second kappa shape index (κ2) is 13.4. The fourth-order valence-corrected chi connectivity index (χ4v) is 5.48. The average molecular weight is 572 g/mol. The molecule has 41 heavy (non-hydrogen) atoms. The molecule has 0 radical (unpaired) electrons. The number of imidazole rings is 1. The van der Waals surface area contributed by atoms with Gasteiger partial charge in [-0.15, -0.1) is 0 Å². The second-order valence-electron chi connectivity index (χ2n) is 10.8. The molecule has 2 aliphatic rings. The van der Waals surface area contributed by atoms with E-state index < -0.39 is 6.43 Å². The Kier molecular flexibility index (Phi) is 9.48. The van der Waals surface area contributed by atoms with Crippen LogP contribution in [0.25, 0.3) is 16.9 Å². The molecule has 10 nitrogen and oxygen atoms in total. The number of unbranched alkanes of at least 4 members (excludes halogenated alkanes) is 1. The molecule has 0 spiro atoms. The standard InChI is InChI=1S/C29H39F2N7O3/c1-3-4-14-41-29(39)33-21-10-8-20(9-11-21)18-32-28-34-23(37-12-15-40-16-13-37)17-24(35-28)38-22-7-5-6-19(2)25(22)36-27(38)26(30)31/h5-7,17,20-21,26H,3-4,8-16,18H2,1-2H3,(H,33,39)(H,32,34,35). The number of alkyl carbamates (subject to hydrolysis) is 1. The van der Waals surface area contributed by atoms with E-state index in [4.69, 9.17) is 19.4 Å². The van der Waals surface area contributed by atoms with Gasteiger partial charge in [0.25, 0.3) is 6.43 Å². The molecule has 3 aromatic rings. The van der Waals surface area contributed by atoms with E-state index in [2.05, 4.69) is 27.4 Å². The van der Waals surface area contributed by atoms with Crippen LogP contribution < -0.4 is 15.5 Å². The van der Waals surface area contributed by atoms with Crippen LogP contribution in [-0.4, -0.2) is 71.1 Å². The Labute approximate surface area is 238 Å². The van der Waals surface area contributed by atoms with E-state index in [0.29, 0.717) is 74.0 Å². The number of halogens is 2. The van der Waals surface area contributed by atoms with Crippen LogP contribution in [0, 0.1) is 12.8 Å². The normalized spacial score (nSPS) is 19.5. The summed E-state index contributed by atoms with van der Waals surface area (Å²) in [6.07, 6.45) is 2.34. The minimum atomic E-state index is -2.77. The summed E-state index contributed by atoms with van der Waals surface area (Å²) in [5, 5.41) is 6.36. The number of nitrogens with one attached hydrogen (secondary N) is 2. The minimum Gasteiger partial charge on any atom is -0.450 e. The molecule has 1 amide bonds. The van der Waals surface area contributed by atoms with Crippen LogP contribution in [-0.2, 0) is 9.47 Å². The number of aryl methyl sites for hydroxylation is 1. The van der Waals surface area contributed by atoms with E-state index in [9.17, 15) is 13.6 Å². The van der Waals surface area contributed by atoms with Crippen LogP contribution >= 0.6 is 0 Å². The van der Waals surface area contributed by atoms with E-state index in [-0.39, 0.29) is 18.0 Å². The molecule has 1 aliphatic carbocycles. The molecule has 1 aliphatic heterocycles. The summed E-state index contributed by atoms with van der Waals surface area (Å²) in [5.74, 6) is 1.42. The van der Waals surface area contributed by atoms with Crippen LogP contribution in [0.4, 0.5) is 25.3 Å². The number of nitrogens with zero attached hydrogens (tertiary/aromatic N) is 5. The molecule has 1 aromatic carbocycles. The maximum absolute atomic E-state index is 14.2. The number of carbonyl (C=O) groups excluding carboxylic acids is 1. The molecular weight excluding hydrogens is 532 g/mol. The van der Waals surface area contributed by atoms with E-state index >= 15 is 0 Å². The van der Waals surface area contributed by atoms with Crippen molar-refractivity contribution in [3.05, 3.63) is 35.7 Å². The number of rotatable bonds is 10. The molecule has 2 aromatic heterocycles. The molecule has 12 heteroatoms. The summed E-state index contributed by atoms with van der Waals surface area (Å²) in [6.45, 7) is 7.45. The van der Waals surface area contributed by atoms with Crippen molar-refractivity contribution in [2.75, 3.05) is 49.7 Å². The zero-order valence-corrected chi connectivity index (χ0v) is 23.7. The Balaban J connectivity index is 1.33. The fraction of sp³-hybridized carbons (Fsp3) is 0.586. The van der Waals surface area contributed by atoms with Crippen LogP contribution in [0.5, 0.6) is 0 Å². The number of aromatic nitrogens is 4. The minimum absolute atomic E-state index is 0.110. The molecule has 2 fully saturated rings. The third-order valence-corrected chi connectivity index (χ3v) is 7.82. The van der Waals surface area contributed by atoms with Gasteiger partial charge in [0, 0.05) is 31.7 Å². The van der Waals surface area contributed by atoms with Gasteiger partial charge in [0.1, 0.15) is 11.6 Å². The van der Waals surface area contributed by atoms with Gasteiger partial charge in [-0.05, 0) is 56.6 Å². The largest absolute Gasteiger partial charge is 0.450 e. The number of hydrogen-bond acceptors (Lipinski definition) is 8. The highest BCUT2D eigenvalue weighted by atomic mass is 19.3. The first-order valence-electron chi connectivity index (χ1n) is 14.6. The van der Waals surface area contributed by atoms with Crippen molar-refractivity contribution in [3.63, 3.8) is 0 Å². The molecule has 5 rings (SSSR count). The lowest BCUT2D eigenvalue weighted by atomic mass is 9.86. The lowest BCUT2D eigenvalue weighted by Crippen LogP contribution is -2.39. The van der Waals surface area contributed by atoms with Crippen LogP contribution in [0.3, 0.4) is 0 Å². The van der Waals surface area contributed by atoms with E-state index in [1.54, 1.807) is 12.1 Å². The highest BCUT2D eigenvalue weighted by Crippen LogP contribution is 2.31. The molecule has 1 saturated heterocycles. The molecule has 0 atom stereocenters. The monoisotopic (exact) mass is 571 g/mol. The van der Waals surface area contributed by atoms with Crippen molar-refractivity contribution in [2.24, 2.45) is 5.92 Å². The Hall–Kier alpha value is -3.54. The van der Waals surface area contributed by atoms with Gasteiger partial charge in [-0.25, -0.2) is 18.6 Å². The number of amides is 1. The van der Waals surface area contributed by atoms with E-state index in [0.717, 1.165) is 44.1 Å². The van der Waals surface area contributed by atoms with Crippen LogP contribution in [0.1, 0.15) is 63.3 Å². The number of alkyl halides is 2.